The molecule has 0 spiro atoms. The number of nitrogens with zero attached hydrogens (tertiary/aromatic N) is 2. The Morgan fingerprint density at radius 3 is 2.30 bits per heavy atom. The number of aliphatic hydroxyl groups excluding tert-OH is 1. The molecule has 6 rings (SSSR count). The third kappa shape index (κ3) is 6.01. The van der Waals surface area contributed by atoms with Crippen LogP contribution in [-0.4, -0.2) is 69.5 Å². The van der Waals surface area contributed by atoms with Crippen molar-refractivity contribution in [2.75, 3.05) is 13.6 Å². The fourth-order valence-electron chi connectivity index (χ4n) is 13.1. The second kappa shape index (κ2) is 13.3. The van der Waals surface area contributed by atoms with Crippen molar-refractivity contribution in [1.82, 2.24) is 9.88 Å². The molecular weight excluding hydrogens is 668 g/mol. The average molecular weight is 733 g/mol. The Morgan fingerprint density at radius 2 is 1.68 bits per heavy atom. The lowest BCUT2D eigenvalue weighted by molar-refractivity contribution is -0.235. The minimum atomic E-state index is -1.18. The number of carbonyl (C=O) groups excluding carboxylic acids is 3. The highest BCUT2D eigenvalue weighted by Crippen LogP contribution is 2.77. The smallest absolute Gasteiger partial charge is 0.309 e. The summed E-state index contributed by atoms with van der Waals surface area (Å²) in [4.78, 5) is 58.0. The number of Topliss-reactive ketones (excluding diaryl/α,β-unsaturated/α-hetero) is 1. The Bertz CT molecular complexity index is 1680. The van der Waals surface area contributed by atoms with Crippen molar-refractivity contribution in [3.63, 3.8) is 0 Å². The van der Waals surface area contributed by atoms with Crippen LogP contribution in [0.5, 0.6) is 0 Å². The van der Waals surface area contributed by atoms with Crippen LogP contribution in [0.2, 0.25) is 0 Å². The zero-order valence-corrected chi connectivity index (χ0v) is 33.9. The number of rotatable bonds is 9. The predicted molar refractivity (Wildman–Crippen MR) is 203 cm³/mol. The zero-order chi connectivity index (χ0) is 39.1. The number of esters is 1. The Balaban J connectivity index is 1.28. The monoisotopic (exact) mass is 732 g/mol. The topological polar surface area (TPSA) is 134 Å². The largest absolute Gasteiger partial charge is 0.481 e. The number of aromatic nitrogens is 1. The number of hydrogen-bond acceptors (Lipinski definition) is 7. The third-order valence-corrected chi connectivity index (χ3v) is 16.2. The first-order chi connectivity index (χ1) is 24.6. The highest BCUT2D eigenvalue weighted by molar-refractivity contribution is 6.01. The second-order valence-electron chi connectivity index (χ2n) is 20.0. The Kier molecular flexibility index (Phi) is 9.94. The van der Waals surface area contributed by atoms with E-state index < -0.39 is 28.9 Å². The van der Waals surface area contributed by atoms with E-state index in [9.17, 15) is 29.4 Å². The van der Waals surface area contributed by atoms with Crippen molar-refractivity contribution in [2.24, 2.45) is 56.2 Å². The van der Waals surface area contributed by atoms with E-state index in [-0.39, 0.29) is 64.3 Å². The Hall–Kier alpha value is -3.07. The summed E-state index contributed by atoms with van der Waals surface area (Å²) < 4.78 is 6.15. The molecule has 5 aliphatic carbocycles. The maximum absolute atomic E-state index is 14.1. The molecule has 3 unspecified atom stereocenters. The van der Waals surface area contributed by atoms with Crippen molar-refractivity contribution in [3.05, 3.63) is 41.2 Å². The maximum Gasteiger partial charge on any atom is 0.309 e. The number of likely N-dealkylation sites (N-methyl/N-ethyl adjacent to an activating group) is 1. The Morgan fingerprint density at radius 1 is 0.981 bits per heavy atom. The number of allylic oxidation sites excluding steroid dienone is 1. The molecule has 0 aliphatic heterocycles. The average Bonchev–Trinajstić information content (AvgIpc) is 3.39. The highest BCUT2D eigenvalue weighted by Gasteiger charge is 2.71. The summed E-state index contributed by atoms with van der Waals surface area (Å²) in [6.45, 7) is 19.5. The van der Waals surface area contributed by atoms with Crippen LogP contribution in [0.15, 0.2) is 35.7 Å². The molecule has 0 saturated heterocycles. The van der Waals surface area contributed by atoms with Crippen LogP contribution in [0.25, 0.3) is 0 Å². The molecule has 5 aliphatic rings. The van der Waals surface area contributed by atoms with Gasteiger partial charge in [-0.25, -0.2) is 0 Å². The van der Waals surface area contributed by atoms with Gasteiger partial charge in [0.05, 0.1) is 23.5 Å². The number of ether oxygens (including phenoxy) is 1. The number of carbonyl (C=O) groups is 4. The van der Waals surface area contributed by atoms with Crippen LogP contribution >= 0.6 is 0 Å². The molecule has 1 aromatic heterocycles. The van der Waals surface area contributed by atoms with Crippen molar-refractivity contribution >= 4 is 23.6 Å². The van der Waals surface area contributed by atoms with Crippen LogP contribution in [0.1, 0.15) is 137 Å². The number of carboxylic acids is 1. The molecule has 1 amide bonds. The summed E-state index contributed by atoms with van der Waals surface area (Å²) >= 11 is 0. The van der Waals surface area contributed by atoms with E-state index in [0.717, 1.165) is 50.5 Å². The first-order valence-electron chi connectivity index (χ1n) is 20.1. The molecule has 9 heteroatoms. The lowest BCUT2D eigenvalue weighted by Crippen LogP contribution is -2.66. The predicted octanol–water partition coefficient (Wildman–Crippen LogP) is 7.91. The molecule has 9 nitrogen and oxygen atoms in total. The summed E-state index contributed by atoms with van der Waals surface area (Å²) in [5, 5.41) is 21.9. The van der Waals surface area contributed by atoms with Gasteiger partial charge < -0.3 is 19.8 Å². The van der Waals surface area contributed by atoms with E-state index in [1.165, 1.54) is 5.57 Å². The molecule has 1 heterocycles. The van der Waals surface area contributed by atoms with E-state index in [1.54, 1.807) is 50.3 Å². The molecule has 0 radical (unpaired) electrons. The fraction of sp³-hybridized carbons (Fsp3) is 0.750. The van der Waals surface area contributed by atoms with Gasteiger partial charge in [-0.05, 0) is 123 Å². The van der Waals surface area contributed by atoms with Crippen LogP contribution in [0.4, 0.5) is 0 Å². The molecule has 0 aromatic carbocycles. The summed E-state index contributed by atoms with van der Waals surface area (Å²) in [5.41, 5.74) is 0.381. The molecule has 4 saturated carbocycles. The lowest BCUT2D eigenvalue weighted by Gasteiger charge is -2.72. The SMILES string of the molecule is CC(C)C1=C2[C@H]3CCC4C(C)(CCC5C(C)(C)[C@@H](OC(=O)CC(C)(C)C(=O)O)CC[C@@]54C)[C@]3(C)CC[C@@]2([C@H](O)CN(C)C(=O)c2cccnc2)CC1=O. The number of carboxylic acid groups (broad SMARTS) is 1. The van der Waals surface area contributed by atoms with Gasteiger partial charge in [-0.1, -0.05) is 54.0 Å². The van der Waals surface area contributed by atoms with Gasteiger partial charge in [0.1, 0.15) is 6.10 Å². The minimum absolute atomic E-state index is 0.00280. The van der Waals surface area contributed by atoms with Gasteiger partial charge in [-0.15, -0.1) is 0 Å². The van der Waals surface area contributed by atoms with Gasteiger partial charge in [0.15, 0.2) is 5.78 Å². The van der Waals surface area contributed by atoms with Gasteiger partial charge in [-0.3, -0.25) is 24.2 Å². The van der Waals surface area contributed by atoms with Crippen LogP contribution in [-0.2, 0) is 19.1 Å². The zero-order valence-electron chi connectivity index (χ0n) is 33.9. The molecule has 0 bridgehead atoms. The Labute approximate surface area is 316 Å². The van der Waals surface area contributed by atoms with Gasteiger partial charge in [0.2, 0.25) is 0 Å². The molecule has 53 heavy (non-hydrogen) atoms. The first kappa shape index (κ1) is 39.6. The van der Waals surface area contributed by atoms with Crippen LogP contribution in [0.3, 0.4) is 0 Å². The maximum atomic E-state index is 14.1. The molecule has 9 atom stereocenters. The van der Waals surface area contributed by atoms with E-state index in [0.29, 0.717) is 30.2 Å². The van der Waals surface area contributed by atoms with Crippen molar-refractivity contribution in [3.8, 4) is 0 Å². The summed E-state index contributed by atoms with van der Waals surface area (Å²) in [7, 11) is 1.73. The van der Waals surface area contributed by atoms with Crippen molar-refractivity contribution in [1.29, 1.82) is 0 Å². The standard InChI is InChI=1S/C44H64N2O7/c1-26(2)35-29(47)22-44(32(48)25-46(10)37(50)27-12-11-21-45-24-27)20-19-42(8)28(36(35)44)13-14-31-41(7)17-16-33(53-34(49)23-39(3,4)38(51)52)40(5,6)30(41)15-18-43(31,42)9/h11-12,21,24,26,28,30-33,48H,13-20,22-23,25H2,1-10H3,(H,51,52)/t28-,30?,31?,32-,33+,41+,42-,43?,44+/m1/s1. The van der Waals surface area contributed by atoms with Crippen LogP contribution < -0.4 is 0 Å². The van der Waals surface area contributed by atoms with Crippen LogP contribution in [0, 0.1) is 56.2 Å². The first-order valence-corrected chi connectivity index (χ1v) is 20.1. The lowest BCUT2D eigenvalue weighted by atomic mass is 9.33. The number of aliphatic hydroxyl groups is 1. The normalized spacial score (nSPS) is 36.9. The highest BCUT2D eigenvalue weighted by atomic mass is 16.5. The molecule has 2 N–H and O–H groups in total. The molecule has 292 valence electrons. The second-order valence-corrected chi connectivity index (χ2v) is 20.0. The van der Waals surface area contributed by atoms with E-state index >= 15 is 0 Å². The molecule has 4 fully saturated rings. The van der Waals surface area contributed by atoms with Gasteiger partial charge in [-0.2, -0.15) is 0 Å². The van der Waals surface area contributed by atoms with E-state index in [1.807, 2.05) is 0 Å². The number of amides is 1. The number of pyridine rings is 1. The number of aliphatic carboxylic acids is 1. The molecule has 1 aromatic rings. The summed E-state index contributed by atoms with van der Waals surface area (Å²) in [6.07, 6.45) is 9.57. The minimum Gasteiger partial charge on any atom is -0.481 e. The quantitative estimate of drug-likeness (QED) is 0.245. The molecular formula is C44H64N2O7. The van der Waals surface area contributed by atoms with Crippen molar-refractivity contribution < 1.29 is 34.1 Å². The number of hydrogen-bond donors (Lipinski definition) is 2. The number of ketones is 1. The summed E-state index contributed by atoms with van der Waals surface area (Å²) in [5.74, 6) is -0.488. The summed E-state index contributed by atoms with van der Waals surface area (Å²) in [6, 6.07) is 3.48. The third-order valence-electron chi connectivity index (χ3n) is 16.2. The fourth-order valence-corrected chi connectivity index (χ4v) is 13.1. The van der Waals surface area contributed by atoms with Gasteiger partial charge in [0, 0.05) is 43.2 Å². The van der Waals surface area contributed by atoms with E-state index in [2.05, 4.69) is 53.5 Å². The van der Waals surface area contributed by atoms with Gasteiger partial charge >= 0.3 is 11.9 Å². The van der Waals surface area contributed by atoms with E-state index in [4.69, 9.17) is 4.74 Å². The van der Waals surface area contributed by atoms with Crippen molar-refractivity contribution in [2.45, 2.75) is 139 Å². The van der Waals surface area contributed by atoms with Gasteiger partial charge in [0.25, 0.3) is 5.91 Å². The number of fused-ring (bicyclic) bond motifs is 7.